The van der Waals surface area contributed by atoms with Crippen LogP contribution in [-0.2, 0) is 14.3 Å². The molecule has 3 amide bonds. The number of carbonyl (C=O) groups is 3. The van der Waals surface area contributed by atoms with Crippen LogP contribution < -0.4 is 10.6 Å². The maximum atomic E-state index is 13.2. The van der Waals surface area contributed by atoms with Gasteiger partial charge in [0, 0.05) is 12.1 Å². The van der Waals surface area contributed by atoms with Crippen molar-refractivity contribution in [2.75, 3.05) is 6.54 Å². The SMILES string of the molecule is C#CN(C(=O)CNC(=O)OC(C)(C)C)C(C(=O)NC1CCCCC1)c1cccc(O)c1. The first-order valence-corrected chi connectivity index (χ1v) is 10.4. The zero-order chi connectivity index (χ0) is 23.0. The number of phenolic OH excluding ortho intramolecular Hbond substituents is 1. The maximum Gasteiger partial charge on any atom is 0.408 e. The summed E-state index contributed by atoms with van der Waals surface area (Å²) in [5.74, 6) is -1.13. The van der Waals surface area contributed by atoms with Crippen LogP contribution in [0.2, 0.25) is 0 Å². The van der Waals surface area contributed by atoms with Crippen LogP contribution in [0, 0.1) is 12.5 Å². The van der Waals surface area contributed by atoms with Gasteiger partial charge in [-0.05, 0) is 51.3 Å². The molecular formula is C23H31N3O5. The summed E-state index contributed by atoms with van der Waals surface area (Å²) in [5.41, 5.74) is -0.347. The van der Waals surface area contributed by atoms with Crippen LogP contribution in [0.3, 0.4) is 0 Å². The Kier molecular flexibility index (Phi) is 8.31. The van der Waals surface area contributed by atoms with Crippen molar-refractivity contribution >= 4 is 17.9 Å². The van der Waals surface area contributed by atoms with Crippen molar-refractivity contribution in [1.29, 1.82) is 0 Å². The van der Waals surface area contributed by atoms with Gasteiger partial charge in [0.15, 0.2) is 0 Å². The highest BCUT2D eigenvalue weighted by atomic mass is 16.6. The van der Waals surface area contributed by atoms with E-state index in [0.29, 0.717) is 5.56 Å². The van der Waals surface area contributed by atoms with E-state index in [9.17, 15) is 19.5 Å². The molecule has 0 radical (unpaired) electrons. The standard InChI is InChI=1S/C23H31N3O5/c1-5-26(19(28)15-24-22(30)31-23(2,3)4)20(16-10-9-13-18(27)14-16)21(29)25-17-11-7-6-8-12-17/h1,9-10,13-14,17,20,27H,6-8,11-12,15H2,2-4H3,(H,24,30)(H,25,29). The average molecular weight is 430 g/mol. The van der Waals surface area contributed by atoms with E-state index >= 15 is 0 Å². The second-order valence-corrected chi connectivity index (χ2v) is 8.59. The van der Waals surface area contributed by atoms with Crippen LogP contribution >= 0.6 is 0 Å². The van der Waals surface area contributed by atoms with Crippen LogP contribution in [0.25, 0.3) is 0 Å². The van der Waals surface area contributed by atoms with E-state index in [1.54, 1.807) is 32.9 Å². The number of amides is 3. The zero-order valence-electron chi connectivity index (χ0n) is 18.3. The second-order valence-electron chi connectivity index (χ2n) is 8.59. The number of nitrogens with one attached hydrogen (secondary N) is 2. The average Bonchev–Trinajstić information content (AvgIpc) is 2.69. The van der Waals surface area contributed by atoms with Crippen molar-refractivity contribution in [2.24, 2.45) is 0 Å². The minimum atomic E-state index is -1.15. The Balaban J connectivity index is 2.19. The Bertz CT molecular complexity index is 834. The molecule has 3 N–H and O–H groups in total. The monoisotopic (exact) mass is 429 g/mol. The van der Waals surface area contributed by atoms with E-state index in [1.807, 2.05) is 0 Å². The van der Waals surface area contributed by atoms with Gasteiger partial charge in [0.2, 0.25) is 5.91 Å². The summed E-state index contributed by atoms with van der Waals surface area (Å²) in [7, 11) is 0. The van der Waals surface area contributed by atoms with Crippen molar-refractivity contribution in [2.45, 2.75) is 70.6 Å². The lowest BCUT2D eigenvalue weighted by Gasteiger charge is -2.30. The minimum Gasteiger partial charge on any atom is -0.508 e. The molecular weight excluding hydrogens is 398 g/mol. The van der Waals surface area contributed by atoms with Gasteiger partial charge in [0.1, 0.15) is 23.9 Å². The number of benzene rings is 1. The summed E-state index contributed by atoms with van der Waals surface area (Å²) in [6.45, 7) is 4.67. The molecule has 0 aliphatic heterocycles. The van der Waals surface area contributed by atoms with E-state index in [1.165, 1.54) is 12.1 Å². The largest absolute Gasteiger partial charge is 0.508 e. The summed E-state index contributed by atoms with van der Waals surface area (Å²) < 4.78 is 5.13. The molecule has 0 bridgehead atoms. The number of hydrogen-bond donors (Lipinski definition) is 3. The first kappa shape index (κ1) is 24.1. The molecule has 31 heavy (non-hydrogen) atoms. The predicted octanol–water partition coefficient (Wildman–Crippen LogP) is 2.83. The fraction of sp³-hybridized carbons (Fsp3) is 0.522. The number of hydrogen-bond acceptors (Lipinski definition) is 5. The van der Waals surface area contributed by atoms with Crippen molar-refractivity contribution in [3.8, 4) is 18.2 Å². The van der Waals surface area contributed by atoms with Crippen LogP contribution in [0.15, 0.2) is 24.3 Å². The first-order chi connectivity index (χ1) is 14.6. The second kappa shape index (κ2) is 10.7. The molecule has 168 valence electrons. The Hall–Kier alpha value is -3.21. The smallest absolute Gasteiger partial charge is 0.408 e. The van der Waals surface area contributed by atoms with Gasteiger partial charge in [-0.3, -0.25) is 14.5 Å². The van der Waals surface area contributed by atoms with Gasteiger partial charge in [-0.2, -0.15) is 0 Å². The molecule has 2 rings (SSSR count). The van der Waals surface area contributed by atoms with Gasteiger partial charge in [-0.15, -0.1) is 0 Å². The highest BCUT2D eigenvalue weighted by Crippen LogP contribution is 2.26. The quantitative estimate of drug-likeness (QED) is 0.476. The summed E-state index contributed by atoms with van der Waals surface area (Å²) in [6.07, 6.45) is 9.75. The minimum absolute atomic E-state index is 0.00988. The Labute approximate surface area is 183 Å². The van der Waals surface area contributed by atoms with Gasteiger partial charge in [0.25, 0.3) is 5.91 Å². The van der Waals surface area contributed by atoms with Crippen molar-refractivity contribution < 1.29 is 24.2 Å². The molecule has 8 heteroatoms. The molecule has 1 aromatic rings. The number of alkyl carbamates (subject to hydrolysis) is 1. The Morgan fingerprint density at radius 1 is 1.26 bits per heavy atom. The topological polar surface area (TPSA) is 108 Å². The number of aromatic hydroxyl groups is 1. The molecule has 0 heterocycles. The number of carbonyl (C=O) groups excluding carboxylic acids is 3. The molecule has 1 atom stereocenters. The Morgan fingerprint density at radius 3 is 2.52 bits per heavy atom. The molecule has 1 fully saturated rings. The van der Waals surface area contributed by atoms with E-state index in [4.69, 9.17) is 11.2 Å². The van der Waals surface area contributed by atoms with E-state index in [2.05, 4.69) is 16.7 Å². The van der Waals surface area contributed by atoms with Gasteiger partial charge in [-0.25, -0.2) is 4.79 Å². The summed E-state index contributed by atoms with van der Waals surface area (Å²) in [6, 6.07) is 7.17. The van der Waals surface area contributed by atoms with Gasteiger partial charge >= 0.3 is 6.09 Å². The fourth-order valence-electron chi connectivity index (χ4n) is 3.48. The molecule has 1 aliphatic rings. The lowest BCUT2D eigenvalue weighted by Crippen LogP contribution is -2.48. The molecule has 0 saturated heterocycles. The predicted molar refractivity (Wildman–Crippen MR) is 116 cm³/mol. The molecule has 1 aromatic carbocycles. The molecule has 8 nitrogen and oxygen atoms in total. The summed E-state index contributed by atoms with van der Waals surface area (Å²) >= 11 is 0. The van der Waals surface area contributed by atoms with Crippen LogP contribution in [0.5, 0.6) is 5.75 Å². The van der Waals surface area contributed by atoms with Crippen LogP contribution in [0.4, 0.5) is 4.79 Å². The van der Waals surface area contributed by atoms with Gasteiger partial charge < -0.3 is 20.5 Å². The lowest BCUT2D eigenvalue weighted by molar-refractivity contribution is -0.137. The molecule has 1 aliphatic carbocycles. The van der Waals surface area contributed by atoms with Gasteiger partial charge in [-0.1, -0.05) is 37.8 Å². The summed E-state index contributed by atoms with van der Waals surface area (Å²) in [4.78, 5) is 38.8. The Morgan fingerprint density at radius 2 is 1.94 bits per heavy atom. The third-order valence-electron chi connectivity index (χ3n) is 4.83. The van der Waals surface area contributed by atoms with Crippen molar-refractivity contribution in [1.82, 2.24) is 15.5 Å². The van der Waals surface area contributed by atoms with E-state index in [0.717, 1.165) is 37.0 Å². The number of nitrogens with zero attached hydrogens (tertiary/aromatic N) is 1. The number of phenols is 1. The van der Waals surface area contributed by atoms with Crippen molar-refractivity contribution in [3.05, 3.63) is 29.8 Å². The highest BCUT2D eigenvalue weighted by molar-refractivity contribution is 5.91. The molecule has 1 saturated carbocycles. The number of rotatable bonds is 6. The van der Waals surface area contributed by atoms with Crippen molar-refractivity contribution in [3.63, 3.8) is 0 Å². The van der Waals surface area contributed by atoms with E-state index in [-0.39, 0.29) is 11.8 Å². The molecule has 0 spiro atoms. The maximum absolute atomic E-state index is 13.2. The highest BCUT2D eigenvalue weighted by Gasteiger charge is 2.32. The normalized spacial score (nSPS) is 15.3. The van der Waals surface area contributed by atoms with E-state index < -0.39 is 36.1 Å². The number of terminal acetylenes is 1. The molecule has 1 unspecified atom stereocenters. The number of ether oxygens (including phenoxy) is 1. The summed E-state index contributed by atoms with van der Waals surface area (Å²) in [5, 5.41) is 15.2. The fourth-order valence-corrected chi connectivity index (χ4v) is 3.48. The third-order valence-corrected chi connectivity index (χ3v) is 4.83. The third kappa shape index (κ3) is 7.52. The van der Waals surface area contributed by atoms with Crippen LogP contribution in [0.1, 0.15) is 64.5 Å². The molecule has 0 aromatic heterocycles. The lowest BCUT2D eigenvalue weighted by atomic mass is 9.94. The van der Waals surface area contributed by atoms with Crippen LogP contribution in [-0.4, -0.2) is 46.1 Å². The zero-order valence-corrected chi connectivity index (χ0v) is 18.3. The first-order valence-electron chi connectivity index (χ1n) is 10.4. The van der Waals surface area contributed by atoms with Gasteiger partial charge in [0.05, 0.1) is 0 Å².